The van der Waals surface area contributed by atoms with Gasteiger partial charge in [-0.1, -0.05) is 6.07 Å². The van der Waals surface area contributed by atoms with Crippen LogP contribution in [-0.2, 0) is 6.54 Å². The van der Waals surface area contributed by atoms with Gasteiger partial charge in [-0.05, 0) is 47.0 Å². The van der Waals surface area contributed by atoms with Gasteiger partial charge in [0.05, 0.1) is 5.69 Å². The first-order valence-corrected chi connectivity index (χ1v) is 6.71. The highest BCUT2D eigenvalue weighted by atomic mass is 16.2. The van der Waals surface area contributed by atoms with Crippen LogP contribution in [-0.4, -0.2) is 39.8 Å². The van der Waals surface area contributed by atoms with Crippen LogP contribution in [0.5, 0.6) is 0 Å². The molecule has 5 heteroatoms. The van der Waals surface area contributed by atoms with E-state index in [4.69, 9.17) is 0 Å². The summed E-state index contributed by atoms with van der Waals surface area (Å²) in [6, 6.07) is 5.78. The Morgan fingerprint density at radius 2 is 2.05 bits per heavy atom. The molecule has 0 aliphatic rings. The maximum absolute atomic E-state index is 12.4. The Morgan fingerprint density at radius 1 is 1.35 bits per heavy atom. The minimum Gasteiger partial charge on any atom is -0.346 e. The molecule has 1 N–H and O–H groups in total. The third kappa shape index (κ3) is 3.17. The molecule has 1 amide bonds. The molecule has 2 heterocycles. The molecule has 2 aromatic rings. The molecule has 0 fully saturated rings. The normalized spacial score (nSPS) is 12.1. The molecule has 0 saturated carbocycles. The van der Waals surface area contributed by atoms with Gasteiger partial charge < -0.3 is 14.6 Å². The summed E-state index contributed by atoms with van der Waals surface area (Å²) in [6.07, 6.45) is 1.94. The van der Waals surface area contributed by atoms with Crippen molar-refractivity contribution in [3.05, 3.63) is 35.8 Å². The van der Waals surface area contributed by atoms with E-state index in [1.807, 2.05) is 68.6 Å². The first-order valence-electron chi connectivity index (χ1n) is 6.71. The maximum Gasteiger partial charge on any atom is 0.272 e. The number of fused-ring (bicyclic) bond motifs is 1. The Balaban J connectivity index is 2.48. The zero-order chi connectivity index (χ0) is 14.9. The van der Waals surface area contributed by atoms with Crippen molar-refractivity contribution in [2.24, 2.45) is 0 Å². The van der Waals surface area contributed by atoms with E-state index in [-0.39, 0.29) is 11.4 Å². The van der Waals surface area contributed by atoms with Crippen LogP contribution < -0.4 is 5.32 Å². The lowest BCUT2D eigenvalue weighted by Crippen LogP contribution is -2.41. The summed E-state index contributed by atoms with van der Waals surface area (Å²) < 4.78 is 1.97. The van der Waals surface area contributed by atoms with E-state index in [9.17, 15) is 4.79 Å². The number of carbonyl (C=O) groups is 1. The number of rotatable bonds is 3. The van der Waals surface area contributed by atoms with Gasteiger partial charge >= 0.3 is 0 Å². The van der Waals surface area contributed by atoms with Crippen molar-refractivity contribution >= 4 is 11.6 Å². The predicted molar refractivity (Wildman–Crippen MR) is 79.8 cm³/mol. The lowest BCUT2D eigenvalue weighted by molar-refractivity contribution is 0.0913. The standard InChI is InChI=1S/C15H22N4O/c1-15(2,3)17-14(20)13-11(10-18(4)5)19-9-7-6-8-12(19)16-13/h6-9H,10H2,1-5H3,(H,17,20). The zero-order valence-electron chi connectivity index (χ0n) is 12.8. The average molecular weight is 274 g/mol. The van der Waals surface area contributed by atoms with Crippen LogP contribution in [0.4, 0.5) is 0 Å². The van der Waals surface area contributed by atoms with Crippen LogP contribution in [0.2, 0.25) is 0 Å². The van der Waals surface area contributed by atoms with Crippen LogP contribution in [0.1, 0.15) is 37.0 Å². The molecule has 0 unspecified atom stereocenters. The minimum absolute atomic E-state index is 0.127. The molecule has 0 bridgehead atoms. The number of nitrogens with one attached hydrogen (secondary N) is 1. The fourth-order valence-electron chi connectivity index (χ4n) is 2.08. The van der Waals surface area contributed by atoms with E-state index in [1.165, 1.54) is 0 Å². The average Bonchev–Trinajstić information content (AvgIpc) is 2.66. The van der Waals surface area contributed by atoms with Crippen molar-refractivity contribution in [3.63, 3.8) is 0 Å². The Bertz CT molecular complexity index is 622. The fraction of sp³-hybridized carbons (Fsp3) is 0.467. The van der Waals surface area contributed by atoms with Crippen molar-refractivity contribution in [3.8, 4) is 0 Å². The van der Waals surface area contributed by atoms with Crippen LogP contribution in [0.3, 0.4) is 0 Å². The molecule has 0 aromatic carbocycles. The third-order valence-corrected chi connectivity index (χ3v) is 2.80. The zero-order valence-corrected chi connectivity index (χ0v) is 12.8. The highest BCUT2D eigenvalue weighted by Crippen LogP contribution is 2.15. The first-order chi connectivity index (χ1) is 9.28. The number of hydrogen-bond donors (Lipinski definition) is 1. The molecule has 2 rings (SSSR count). The Labute approximate surface area is 119 Å². The van der Waals surface area contributed by atoms with Crippen molar-refractivity contribution in [2.75, 3.05) is 14.1 Å². The summed E-state index contributed by atoms with van der Waals surface area (Å²) in [6.45, 7) is 6.56. The minimum atomic E-state index is -0.276. The van der Waals surface area contributed by atoms with Gasteiger partial charge in [-0.2, -0.15) is 0 Å². The van der Waals surface area contributed by atoms with Gasteiger partial charge in [0.25, 0.3) is 5.91 Å². The van der Waals surface area contributed by atoms with Crippen molar-refractivity contribution in [1.29, 1.82) is 0 Å². The molecular formula is C15H22N4O. The highest BCUT2D eigenvalue weighted by molar-refractivity contribution is 5.94. The Morgan fingerprint density at radius 3 is 2.65 bits per heavy atom. The predicted octanol–water partition coefficient (Wildman–Crippen LogP) is 1.92. The van der Waals surface area contributed by atoms with Crippen LogP contribution in [0, 0.1) is 0 Å². The number of pyridine rings is 1. The number of hydrogen-bond acceptors (Lipinski definition) is 3. The molecule has 0 saturated heterocycles. The van der Waals surface area contributed by atoms with Gasteiger partial charge in [0.15, 0.2) is 5.69 Å². The van der Waals surface area contributed by atoms with Gasteiger partial charge in [-0.25, -0.2) is 4.98 Å². The number of amides is 1. The molecule has 108 valence electrons. The van der Waals surface area contributed by atoms with Crippen molar-refractivity contribution < 1.29 is 4.79 Å². The lowest BCUT2D eigenvalue weighted by atomic mass is 10.1. The molecule has 0 spiro atoms. The second-order valence-electron chi connectivity index (χ2n) is 6.28. The molecule has 0 aliphatic carbocycles. The summed E-state index contributed by atoms with van der Waals surface area (Å²) in [7, 11) is 3.96. The van der Waals surface area contributed by atoms with E-state index in [2.05, 4.69) is 10.3 Å². The van der Waals surface area contributed by atoms with E-state index < -0.39 is 0 Å². The summed E-state index contributed by atoms with van der Waals surface area (Å²) in [5.74, 6) is -0.127. The first kappa shape index (κ1) is 14.5. The molecule has 20 heavy (non-hydrogen) atoms. The topological polar surface area (TPSA) is 49.6 Å². The Hall–Kier alpha value is -1.88. The molecule has 5 nitrogen and oxygen atoms in total. The van der Waals surface area contributed by atoms with Gasteiger partial charge in [0, 0.05) is 18.3 Å². The molecule has 0 radical (unpaired) electrons. The van der Waals surface area contributed by atoms with E-state index >= 15 is 0 Å². The van der Waals surface area contributed by atoms with Gasteiger partial charge in [0.2, 0.25) is 0 Å². The highest BCUT2D eigenvalue weighted by Gasteiger charge is 2.22. The van der Waals surface area contributed by atoms with Crippen molar-refractivity contribution in [1.82, 2.24) is 19.6 Å². The van der Waals surface area contributed by atoms with Crippen molar-refractivity contribution in [2.45, 2.75) is 32.9 Å². The molecule has 0 aliphatic heterocycles. The summed E-state index contributed by atoms with van der Waals surface area (Å²) in [4.78, 5) is 18.9. The van der Waals surface area contributed by atoms with Gasteiger partial charge in [-0.3, -0.25) is 4.79 Å². The number of nitrogens with zero attached hydrogens (tertiary/aromatic N) is 3. The summed E-state index contributed by atoms with van der Waals surface area (Å²) in [5, 5.41) is 2.98. The molecular weight excluding hydrogens is 252 g/mol. The maximum atomic E-state index is 12.4. The second-order valence-corrected chi connectivity index (χ2v) is 6.28. The summed E-state index contributed by atoms with van der Waals surface area (Å²) >= 11 is 0. The van der Waals surface area contributed by atoms with E-state index in [0.29, 0.717) is 12.2 Å². The quantitative estimate of drug-likeness (QED) is 0.930. The van der Waals surface area contributed by atoms with Crippen LogP contribution >= 0.6 is 0 Å². The monoisotopic (exact) mass is 274 g/mol. The molecule has 0 atom stereocenters. The van der Waals surface area contributed by atoms with Gasteiger partial charge in [0.1, 0.15) is 5.65 Å². The second kappa shape index (κ2) is 5.25. The van der Waals surface area contributed by atoms with Crippen LogP contribution in [0.15, 0.2) is 24.4 Å². The SMILES string of the molecule is CN(C)Cc1c(C(=O)NC(C)(C)C)nc2ccccn12. The Kier molecular flexibility index (Phi) is 3.81. The van der Waals surface area contributed by atoms with E-state index in [0.717, 1.165) is 11.3 Å². The van der Waals surface area contributed by atoms with Gasteiger partial charge in [-0.15, -0.1) is 0 Å². The summed E-state index contributed by atoms with van der Waals surface area (Å²) in [5.41, 5.74) is 1.93. The largest absolute Gasteiger partial charge is 0.346 e. The van der Waals surface area contributed by atoms with E-state index in [1.54, 1.807) is 0 Å². The van der Waals surface area contributed by atoms with Crippen LogP contribution in [0.25, 0.3) is 5.65 Å². The lowest BCUT2D eigenvalue weighted by Gasteiger charge is -2.20. The number of imidazole rings is 1. The number of aromatic nitrogens is 2. The third-order valence-electron chi connectivity index (χ3n) is 2.80. The molecule has 2 aromatic heterocycles. The number of carbonyl (C=O) groups excluding carboxylic acids is 1. The smallest absolute Gasteiger partial charge is 0.272 e. The fourth-order valence-corrected chi connectivity index (χ4v) is 2.08.